The Hall–Kier alpha value is -4.40. The van der Waals surface area contributed by atoms with Crippen molar-refractivity contribution in [3.63, 3.8) is 0 Å². The molecule has 2 amide bonds. The number of hydrogen-bond acceptors (Lipinski definition) is 5. The lowest BCUT2D eigenvalue weighted by Crippen LogP contribution is -2.40. The fraction of sp³-hybridized carbons (Fsp3) is 0.355. The number of aromatic nitrogens is 4. The molecule has 2 aromatic carbocycles. The van der Waals surface area contributed by atoms with Crippen LogP contribution in [0.4, 0.5) is 9.59 Å². The molecule has 0 aliphatic carbocycles. The van der Waals surface area contributed by atoms with Crippen molar-refractivity contribution in [2.75, 3.05) is 13.1 Å². The Morgan fingerprint density at radius 3 is 2.10 bits per heavy atom. The van der Waals surface area contributed by atoms with Crippen LogP contribution < -0.4 is 5.32 Å². The first-order chi connectivity index (χ1) is 19.3. The van der Waals surface area contributed by atoms with Crippen molar-refractivity contribution in [2.45, 2.75) is 52.0 Å². The zero-order valence-electron chi connectivity index (χ0n) is 23.3. The molecule has 0 saturated heterocycles. The number of carbonyl (C=O) groups excluding carboxylic acids is 2. The zero-order valence-corrected chi connectivity index (χ0v) is 23.3. The highest BCUT2D eigenvalue weighted by Gasteiger charge is 2.30. The van der Waals surface area contributed by atoms with E-state index < -0.39 is 18.2 Å². The minimum Gasteiger partial charge on any atom is -0.359 e. The standard InChI is InChI=1S/C31H38N6O3/c1-31(2,3)26(27-20-33-22-36-27)16-17-34-29(38)40-30(39)37(18-10-15-25-19-32-21-35-25)28(23-11-6-4-7-12-23)24-13-8-5-9-14-24/h4-9,11-14,19-22,26,28H,10,15-18H2,1-3H3,(H,32,35)(H,33,36)(H,34,38). The monoisotopic (exact) mass is 542 g/mol. The lowest BCUT2D eigenvalue weighted by Gasteiger charge is -2.32. The number of alkyl carbamates (subject to hydrolysis) is 1. The van der Waals surface area contributed by atoms with Crippen molar-refractivity contribution in [1.29, 1.82) is 0 Å². The molecule has 4 rings (SSSR count). The van der Waals surface area contributed by atoms with E-state index in [1.165, 1.54) is 0 Å². The highest BCUT2D eigenvalue weighted by Crippen LogP contribution is 2.36. The zero-order chi connectivity index (χ0) is 28.4. The van der Waals surface area contributed by atoms with Gasteiger partial charge in [0.2, 0.25) is 0 Å². The Labute approximate surface area is 235 Å². The summed E-state index contributed by atoms with van der Waals surface area (Å²) in [6.45, 7) is 7.15. The molecule has 2 heterocycles. The fourth-order valence-electron chi connectivity index (χ4n) is 4.99. The number of carbonyl (C=O) groups is 2. The van der Waals surface area contributed by atoms with E-state index in [1.807, 2.05) is 73.1 Å². The summed E-state index contributed by atoms with van der Waals surface area (Å²) in [4.78, 5) is 42.7. The first-order valence-corrected chi connectivity index (χ1v) is 13.7. The van der Waals surface area contributed by atoms with Crippen LogP contribution >= 0.6 is 0 Å². The van der Waals surface area contributed by atoms with Crippen molar-refractivity contribution < 1.29 is 14.3 Å². The summed E-state index contributed by atoms with van der Waals surface area (Å²) < 4.78 is 5.38. The second-order valence-electron chi connectivity index (χ2n) is 10.9. The quantitative estimate of drug-likeness (QED) is 0.195. The van der Waals surface area contributed by atoms with Crippen LogP contribution in [0.1, 0.15) is 68.1 Å². The Morgan fingerprint density at radius 2 is 1.55 bits per heavy atom. The molecule has 9 nitrogen and oxygen atoms in total. The second kappa shape index (κ2) is 13.6. The van der Waals surface area contributed by atoms with Crippen LogP contribution in [0.5, 0.6) is 0 Å². The van der Waals surface area contributed by atoms with E-state index in [4.69, 9.17) is 4.74 Å². The van der Waals surface area contributed by atoms with E-state index in [0.717, 1.165) is 22.5 Å². The number of H-pyrrole nitrogens is 2. The molecule has 0 aliphatic rings. The summed E-state index contributed by atoms with van der Waals surface area (Å²) in [7, 11) is 0. The fourth-order valence-corrected chi connectivity index (χ4v) is 4.99. The lowest BCUT2D eigenvalue weighted by molar-refractivity contribution is 0.107. The van der Waals surface area contributed by atoms with Crippen molar-refractivity contribution in [2.24, 2.45) is 5.41 Å². The van der Waals surface area contributed by atoms with Gasteiger partial charge in [0.25, 0.3) is 0 Å². The van der Waals surface area contributed by atoms with Crippen LogP contribution in [0, 0.1) is 5.41 Å². The molecule has 1 unspecified atom stereocenters. The normalized spacial score (nSPS) is 12.2. The van der Waals surface area contributed by atoms with Crippen LogP contribution in [-0.2, 0) is 11.2 Å². The maximum Gasteiger partial charge on any atom is 0.419 e. The van der Waals surface area contributed by atoms with Crippen LogP contribution in [-0.4, -0.2) is 50.1 Å². The van der Waals surface area contributed by atoms with Gasteiger partial charge in [-0.2, -0.15) is 0 Å². The Bertz CT molecular complexity index is 1260. The SMILES string of the molecule is CC(C)(C)C(CCNC(=O)OC(=O)N(CCCc1c[nH]cn1)C(c1ccccc1)c1ccccc1)c1c[nH]cn1. The number of nitrogens with one attached hydrogen (secondary N) is 3. The van der Waals surface area contributed by atoms with Gasteiger partial charge in [-0.3, -0.25) is 4.90 Å². The van der Waals surface area contributed by atoms with Gasteiger partial charge in [0.05, 0.1) is 30.1 Å². The number of aryl methyl sites for hydroxylation is 1. The summed E-state index contributed by atoms with van der Waals surface area (Å²) in [6.07, 6.45) is 7.53. The lowest BCUT2D eigenvalue weighted by atomic mass is 9.77. The van der Waals surface area contributed by atoms with Gasteiger partial charge in [0, 0.05) is 31.4 Å². The predicted octanol–water partition coefficient (Wildman–Crippen LogP) is 6.22. The minimum atomic E-state index is -0.767. The number of amides is 2. The van der Waals surface area contributed by atoms with E-state index in [9.17, 15) is 9.59 Å². The molecule has 0 saturated carbocycles. The molecule has 0 fully saturated rings. The molecule has 1 atom stereocenters. The molecule has 0 radical (unpaired) electrons. The largest absolute Gasteiger partial charge is 0.419 e. The molecule has 0 spiro atoms. The molecule has 210 valence electrons. The second-order valence-corrected chi connectivity index (χ2v) is 10.9. The molecule has 2 aromatic heterocycles. The van der Waals surface area contributed by atoms with Gasteiger partial charge in [-0.15, -0.1) is 0 Å². The van der Waals surface area contributed by atoms with E-state index in [2.05, 4.69) is 46.0 Å². The molecule has 0 aliphatic heterocycles. The van der Waals surface area contributed by atoms with Gasteiger partial charge >= 0.3 is 12.2 Å². The van der Waals surface area contributed by atoms with E-state index >= 15 is 0 Å². The van der Waals surface area contributed by atoms with Crippen LogP contribution in [0.3, 0.4) is 0 Å². The average Bonchev–Trinajstić information content (AvgIpc) is 3.66. The summed E-state index contributed by atoms with van der Waals surface area (Å²) >= 11 is 0. The summed E-state index contributed by atoms with van der Waals surface area (Å²) in [5, 5.41) is 2.77. The Kier molecular flexibility index (Phi) is 9.72. The number of ether oxygens (including phenoxy) is 1. The maximum absolute atomic E-state index is 13.6. The Balaban J connectivity index is 1.47. The van der Waals surface area contributed by atoms with Gasteiger partial charge < -0.3 is 20.0 Å². The number of nitrogens with zero attached hydrogens (tertiary/aromatic N) is 3. The third kappa shape index (κ3) is 7.81. The predicted molar refractivity (Wildman–Crippen MR) is 154 cm³/mol. The highest BCUT2D eigenvalue weighted by atomic mass is 16.6. The van der Waals surface area contributed by atoms with Crippen LogP contribution in [0.2, 0.25) is 0 Å². The smallest absolute Gasteiger partial charge is 0.359 e. The molecule has 9 heteroatoms. The van der Waals surface area contributed by atoms with Gasteiger partial charge in [-0.1, -0.05) is 81.4 Å². The number of hydrogen-bond donors (Lipinski definition) is 3. The molecule has 4 aromatic rings. The summed E-state index contributed by atoms with van der Waals surface area (Å²) in [5.41, 5.74) is 3.65. The van der Waals surface area contributed by atoms with Gasteiger partial charge in [-0.05, 0) is 35.8 Å². The first-order valence-electron chi connectivity index (χ1n) is 13.7. The van der Waals surface area contributed by atoms with Crippen LogP contribution in [0.15, 0.2) is 85.7 Å². The van der Waals surface area contributed by atoms with Gasteiger partial charge in [0.1, 0.15) is 0 Å². The van der Waals surface area contributed by atoms with Crippen LogP contribution in [0.25, 0.3) is 0 Å². The average molecular weight is 543 g/mol. The molecule has 40 heavy (non-hydrogen) atoms. The van der Waals surface area contributed by atoms with E-state index in [1.54, 1.807) is 17.6 Å². The molecule has 3 N–H and O–H groups in total. The first kappa shape index (κ1) is 28.6. The van der Waals surface area contributed by atoms with Crippen molar-refractivity contribution >= 4 is 12.2 Å². The minimum absolute atomic E-state index is 0.0552. The van der Waals surface area contributed by atoms with E-state index in [-0.39, 0.29) is 11.3 Å². The van der Waals surface area contributed by atoms with Crippen molar-refractivity contribution in [3.05, 3.63) is 108 Å². The number of rotatable bonds is 11. The van der Waals surface area contributed by atoms with E-state index in [0.29, 0.717) is 32.4 Å². The number of imidazole rings is 2. The van der Waals surface area contributed by atoms with Crippen molar-refractivity contribution in [3.8, 4) is 0 Å². The van der Waals surface area contributed by atoms with Crippen molar-refractivity contribution in [1.82, 2.24) is 30.2 Å². The number of aromatic amines is 2. The third-order valence-electron chi connectivity index (χ3n) is 6.97. The third-order valence-corrected chi connectivity index (χ3v) is 6.97. The summed E-state index contributed by atoms with van der Waals surface area (Å²) in [5.74, 6) is 0.119. The van der Waals surface area contributed by atoms with Gasteiger partial charge in [0.15, 0.2) is 0 Å². The topological polar surface area (TPSA) is 116 Å². The molecular formula is C31H38N6O3. The highest BCUT2D eigenvalue weighted by molar-refractivity contribution is 5.84. The molecular weight excluding hydrogens is 504 g/mol. The van der Waals surface area contributed by atoms with Gasteiger partial charge in [-0.25, -0.2) is 19.6 Å². The molecule has 0 bridgehead atoms. The summed E-state index contributed by atoms with van der Waals surface area (Å²) in [6, 6.07) is 19.1. The Morgan fingerprint density at radius 1 is 0.925 bits per heavy atom. The maximum atomic E-state index is 13.6. The number of benzene rings is 2.